The first-order valence-corrected chi connectivity index (χ1v) is 6.94. The molecule has 2 aromatic rings. The van der Waals surface area contributed by atoms with E-state index in [1.807, 2.05) is 0 Å². The zero-order valence-corrected chi connectivity index (χ0v) is 12.8. The summed E-state index contributed by atoms with van der Waals surface area (Å²) in [5.74, 6) is -0.770. The van der Waals surface area contributed by atoms with E-state index in [1.54, 1.807) is 36.4 Å². The van der Waals surface area contributed by atoms with Crippen molar-refractivity contribution in [2.75, 3.05) is 7.11 Å². The van der Waals surface area contributed by atoms with Crippen LogP contribution in [0.1, 0.15) is 11.1 Å². The SMILES string of the molecule is COc1cc(/C=C(\C#N)C(=O)O)ccc1OCc1ccc(F)cc1. The normalized spacial score (nSPS) is 10.8. The number of carboxylic acids is 1. The predicted molar refractivity (Wildman–Crippen MR) is 85.0 cm³/mol. The van der Waals surface area contributed by atoms with E-state index < -0.39 is 5.97 Å². The fraction of sp³-hybridized carbons (Fsp3) is 0.111. The fourth-order valence-electron chi connectivity index (χ4n) is 1.94. The average molecular weight is 327 g/mol. The largest absolute Gasteiger partial charge is 0.493 e. The molecule has 0 saturated carbocycles. The molecule has 0 heterocycles. The summed E-state index contributed by atoms with van der Waals surface area (Å²) in [6, 6.07) is 12.3. The minimum Gasteiger partial charge on any atom is -0.493 e. The highest BCUT2D eigenvalue weighted by Gasteiger charge is 2.09. The molecule has 0 amide bonds. The van der Waals surface area contributed by atoms with Crippen LogP contribution in [-0.4, -0.2) is 18.2 Å². The molecule has 0 aliphatic rings. The smallest absolute Gasteiger partial charge is 0.346 e. The molecule has 0 aromatic heterocycles. The molecule has 0 aliphatic heterocycles. The van der Waals surface area contributed by atoms with E-state index in [2.05, 4.69) is 0 Å². The lowest BCUT2D eigenvalue weighted by Gasteiger charge is -2.11. The van der Waals surface area contributed by atoms with Gasteiger partial charge in [-0.2, -0.15) is 5.26 Å². The summed E-state index contributed by atoms with van der Waals surface area (Å²) in [5, 5.41) is 17.7. The lowest BCUT2D eigenvalue weighted by Crippen LogP contribution is -1.99. The number of ether oxygens (including phenoxy) is 2. The number of aliphatic carboxylic acids is 1. The molecule has 122 valence electrons. The van der Waals surface area contributed by atoms with Crippen molar-refractivity contribution in [1.29, 1.82) is 5.26 Å². The van der Waals surface area contributed by atoms with Gasteiger partial charge >= 0.3 is 5.97 Å². The second kappa shape index (κ2) is 7.79. The molecular weight excluding hydrogens is 313 g/mol. The third-order valence-electron chi connectivity index (χ3n) is 3.16. The van der Waals surface area contributed by atoms with Gasteiger partial charge in [0.2, 0.25) is 0 Å². The molecule has 0 saturated heterocycles. The molecule has 0 spiro atoms. The predicted octanol–water partition coefficient (Wildman–Crippen LogP) is 3.40. The van der Waals surface area contributed by atoms with E-state index in [9.17, 15) is 9.18 Å². The number of hydrogen-bond acceptors (Lipinski definition) is 4. The first-order valence-electron chi connectivity index (χ1n) is 6.94. The first-order chi connectivity index (χ1) is 11.5. The van der Waals surface area contributed by atoms with E-state index in [-0.39, 0.29) is 18.0 Å². The Kier molecular flexibility index (Phi) is 5.53. The highest BCUT2D eigenvalue weighted by molar-refractivity contribution is 5.96. The van der Waals surface area contributed by atoms with Gasteiger partial charge in [0.25, 0.3) is 0 Å². The maximum Gasteiger partial charge on any atom is 0.346 e. The van der Waals surface area contributed by atoms with Crippen molar-refractivity contribution in [3.8, 4) is 17.6 Å². The molecule has 6 heteroatoms. The molecule has 2 rings (SSSR count). The van der Waals surface area contributed by atoms with Crippen molar-refractivity contribution in [2.45, 2.75) is 6.61 Å². The van der Waals surface area contributed by atoms with Crippen LogP contribution in [0, 0.1) is 17.1 Å². The molecule has 0 aliphatic carbocycles. The third kappa shape index (κ3) is 4.34. The molecule has 0 unspecified atom stereocenters. The van der Waals surface area contributed by atoms with Gasteiger partial charge < -0.3 is 14.6 Å². The van der Waals surface area contributed by atoms with Crippen molar-refractivity contribution >= 4 is 12.0 Å². The van der Waals surface area contributed by atoms with Crippen molar-refractivity contribution in [3.05, 3.63) is 65.0 Å². The van der Waals surface area contributed by atoms with Gasteiger partial charge in [-0.15, -0.1) is 0 Å². The van der Waals surface area contributed by atoms with Crippen LogP contribution in [0.5, 0.6) is 11.5 Å². The van der Waals surface area contributed by atoms with Crippen molar-refractivity contribution in [3.63, 3.8) is 0 Å². The van der Waals surface area contributed by atoms with Crippen LogP contribution in [-0.2, 0) is 11.4 Å². The molecule has 0 radical (unpaired) electrons. The van der Waals surface area contributed by atoms with E-state index in [0.29, 0.717) is 17.1 Å². The highest BCUT2D eigenvalue weighted by Crippen LogP contribution is 2.29. The van der Waals surface area contributed by atoms with Gasteiger partial charge in [-0.25, -0.2) is 9.18 Å². The molecule has 5 nitrogen and oxygen atoms in total. The summed E-state index contributed by atoms with van der Waals surface area (Å²) in [5.41, 5.74) is 0.914. The fourth-order valence-corrected chi connectivity index (χ4v) is 1.94. The number of hydrogen-bond donors (Lipinski definition) is 1. The Morgan fingerprint density at radius 3 is 2.54 bits per heavy atom. The van der Waals surface area contributed by atoms with Crippen LogP contribution >= 0.6 is 0 Å². The van der Waals surface area contributed by atoms with Crippen LogP contribution in [0.2, 0.25) is 0 Å². The molecule has 24 heavy (non-hydrogen) atoms. The third-order valence-corrected chi connectivity index (χ3v) is 3.16. The highest BCUT2D eigenvalue weighted by atomic mass is 19.1. The summed E-state index contributed by atoms with van der Waals surface area (Å²) in [6.45, 7) is 0.227. The standard InChI is InChI=1S/C18H14FNO4/c1-23-17-9-13(8-14(10-20)18(21)22)4-7-16(17)24-11-12-2-5-15(19)6-3-12/h2-9H,11H2,1H3,(H,21,22)/b14-8+. The number of carbonyl (C=O) groups is 1. The second-order valence-electron chi connectivity index (χ2n) is 4.80. The topological polar surface area (TPSA) is 79.5 Å². The van der Waals surface area contributed by atoms with Gasteiger partial charge in [0.15, 0.2) is 11.5 Å². The molecule has 1 N–H and O–H groups in total. The van der Waals surface area contributed by atoms with Crippen LogP contribution < -0.4 is 9.47 Å². The van der Waals surface area contributed by atoms with E-state index in [4.69, 9.17) is 19.8 Å². The maximum atomic E-state index is 12.9. The molecule has 0 bridgehead atoms. The quantitative estimate of drug-likeness (QED) is 0.650. The van der Waals surface area contributed by atoms with Gasteiger partial charge in [-0.05, 0) is 41.5 Å². The van der Waals surface area contributed by atoms with Gasteiger partial charge in [0, 0.05) is 0 Å². The number of methoxy groups -OCH3 is 1. The monoisotopic (exact) mass is 327 g/mol. The number of benzene rings is 2. The summed E-state index contributed by atoms with van der Waals surface area (Å²) in [7, 11) is 1.45. The molecule has 0 fully saturated rings. The number of nitrogens with zero attached hydrogens (tertiary/aromatic N) is 1. The van der Waals surface area contributed by atoms with Crippen LogP contribution in [0.15, 0.2) is 48.0 Å². The van der Waals surface area contributed by atoms with E-state index in [1.165, 1.54) is 25.3 Å². The second-order valence-corrected chi connectivity index (χ2v) is 4.80. The van der Waals surface area contributed by atoms with Crippen LogP contribution in [0.25, 0.3) is 6.08 Å². The number of halogens is 1. The Labute approximate surface area is 138 Å². The Morgan fingerprint density at radius 1 is 1.25 bits per heavy atom. The maximum absolute atomic E-state index is 12.9. The zero-order valence-electron chi connectivity index (χ0n) is 12.8. The first kappa shape index (κ1) is 17.0. The number of rotatable bonds is 6. The lowest BCUT2D eigenvalue weighted by molar-refractivity contribution is -0.132. The van der Waals surface area contributed by atoms with Gasteiger partial charge in [-0.3, -0.25) is 0 Å². The molecule has 0 atom stereocenters. The van der Waals surface area contributed by atoms with Crippen molar-refractivity contribution < 1.29 is 23.8 Å². The number of carboxylic acid groups (broad SMARTS) is 1. The van der Waals surface area contributed by atoms with Crippen molar-refractivity contribution in [2.24, 2.45) is 0 Å². The molecule has 2 aromatic carbocycles. The van der Waals surface area contributed by atoms with Crippen molar-refractivity contribution in [1.82, 2.24) is 0 Å². The Balaban J connectivity index is 2.18. The van der Waals surface area contributed by atoms with Gasteiger partial charge in [-0.1, -0.05) is 18.2 Å². The Bertz CT molecular complexity index is 807. The van der Waals surface area contributed by atoms with Crippen LogP contribution in [0.3, 0.4) is 0 Å². The summed E-state index contributed by atoms with van der Waals surface area (Å²) in [4.78, 5) is 10.9. The minimum atomic E-state index is -1.30. The van der Waals surface area contributed by atoms with Crippen LogP contribution in [0.4, 0.5) is 4.39 Å². The average Bonchev–Trinajstić information content (AvgIpc) is 2.59. The zero-order chi connectivity index (χ0) is 17.5. The van der Waals surface area contributed by atoms with E-state index >= 15 is 0 Å². The Morgan fingerprint density at radius 2 is 1.96 bits per heavy atom. The summed E-state index contributed by atoms with van der Waals surface area (Å²) in [6.07, 6.45) is 1.24. The Hall–Kier alpha value is -3.33. The molecular formula is C18H14FNO4. The summed E-state index contributed by atoms with van der Waals surface area (Å²) < 4.78 is 23.7. The number of nitriles is 1. The van der Waals surface area contributed by atoms with Gasteiger partial charge in [0.1, 0.15) is 24.1 Å². The van der Waals surface area contributed by atoms with Gasteiger partial charge in [0.05, 0.1) is 7.11 Å². The lowest BCUT2D eigenvalue weighted by atomic mass is 10.1. The summed E-state index contributed by atoms with van der Waals surface area (Å²) >= 11 is 0. The van der Waals surface area contributed by atoms with E-state index in [0.717, 1.165) is 5.56 Å². The minimum absolute atomic E-state index is 0.227.